The van der Waals surface area contributed by atoms with E-state index in [9.17, 15) is 4.79 Å². The Morgan fingerprint density at radius 1 is 1.12 bits per heavy atom. The van der Waals surface area contributed by atoms with Crippen LogP contribution < -0.4 is 0 Å². The molecule has 0 atom stereocenters. The molecule has 2 rings (SSSR count). The third-order valence-electron chi connectivity index (χ3n) is 2.04. The van der Waals surface area contributed by atoms with Gasteiger partial charge < -0.3 is 0 Å². The van der Waals surface area contributed by atoms with Gasteiger partial charge in [0, 0.05) is 12.4 Å². The lowest BCUT2D eigenvalue weighted by Crippen LogP contribution is -1.97. The summed E-state index contributed by atoms with van der Waals surface area (Å²) in [4.78, 5) is 19.4. The summed E-state index contributed by atoms with van der Waals surface area (Å²) < 4.78 is 0. The van der Waals surface area contributed by atoms with Gasteiger partial charge in [-0.1, -0.05) is 36.4 Å². The first-order chi connectivity index (χ1) is 7.86. The van der Waals surface area contributed by atoms with Crippen molar-refractivity contribution in [2.75, 3.05) is 0 Å². The van der Waals surface area contributed by atoms with Crippen LogP contribution in [0, 0.1) is 0 Å². The number of carbonyl (C=O) groups is 1. The summed E-state index contributed by atoms with van der Waals surface area (Å²) in [5.74, 6) is -0.142. The van der Waals surface area contributed by atoms with Crippen LogP contribution in [0.25, 0.3) is 6.08 Å². The fraction of sp³-hybridized carbons (Fsp3) is 0. The molecule has 0 N–H and O–H groups in total. The first kappa shape index (κ1) is 10.2. The normalized spacial score (nSPS) is 10.5. The number of aromatic nitrogens is 2. The molecular formula is C13H10N2O. The molecule has 0 amide bonds. The van der Waals surface area contributed by atoms with Crippen molar-refractivity contribution in [1.29, 1.82) is 0 Å². The van der Waals surface area contributed by atoms with Gasteiger partial charge in [-0.15, -0.1) is 0 Å². The van der Waals surface area contributed by atoms with Gasteiger partial charge in [-0.05, 0) is 11.6 Å². The van der Waals surface area contributed by atoms with Gasteiger partial charge in [-0.3, -0.25) is 9.78 Å². The number of rotatable bonds is 3. The van der Waals surface area contributed by atoms with Gasteiger partial charge in [0.25, 0.3) is 0 Å². The summed E-state index contributed by atoms with van der Waals surface area (Å²) in [5.41, 5.74) is 1.34. The van der Waals surface area contributed by atoms with Crippen molar-refractivity contribution in [2.45, 2.75) is 0 Å². The molecule has 1 aromatic carbocycles. The van der Waals surface area contributed by atoms with Crippen molar-refractivity contribution in [1.82, 2.24) is 9.97 Å². The van der Waals surface area contributed by atoms with Crippen LogP contribution in [0.4, 0.5) is 0 Å². The maximum absolute atomic E-state index is 11.6. The standard InChI is InChI=1S/C13H10N2O/c16-13(12-10-14-8-9-15-12)7-6-11-4-2-1-3-5-11/h1-10H/b7-6+. The van der Waals surface area contributed by atoms with Gasteiger partial charge in [-0.2, -0.15) is 0 Å². The fourth-order valence-electron chi connectivity index (χ4n) is 1.25. The Morgan fingerprint density at radius 2 is 1.94 bits per heavy atom. The van der Waals surface area contributed by atoms with Crippen molar-refractivity contribution in [3.05, 3.63) is 66.3 Å². The van der Waals surface area contributed by atoms with Crippen molar-refractivity contribution in [2.24, 2.45) is 0 Å². The molecule has 0 unspecified atom stereocenters. The van der Waals surface area contributed by atoms with Gasteiger partial charge in [0.2, 0.25) is 5.78 Å². The molecule has 3 heteroatoms. The van der Waals surface area contributed by atoms with E-state index in [0.717, 1.165) is 5.56 Å². The van der Waals surface area contributed by atoms with Gasteiger partial charge in [-0.25, -0.2) is 4.98 Å². The van der Waals surface area contributed by atoms with Crippen molar-refractivity contribution in [3.63, 3.8) is 0 Å². The van der Waals surface area contributed by atoms with Crippen LogP contribution in [0.2, 0.25) is 0 Å². The number of carbonyl (C=O) groups excluding carboxylic acids is 1. The summed E-state index contributed by atoms with van der Waals surface area (Å²) in [6.45, 7) is 0. The highest BCUT2D eigenvalue weighted by Crippen LogP contribution is 2.02. The van der Waals surface area contributed by atoms with Crippen LogP contribution in [0.15, 0.2) is 55.0 Å². The highest BCUT2D eigenvalue weighted by Gasteiger charge is 2.01. The molecule has 3 nitrogen and oxygen atoms in total. The van der Waals surface area contributed by atoms with Gasteiger partial charge in [0.05, 0.1) is 6.20 Å². The molecule has 0 saturated heterocycles. The zero-order valence-corrected chi connectivity index (χ0v) is 8.58. The van der Waals surface area contributed by atoms with E-state index in [1.54, 1.807) is 6.08 Å². The number of nitrogens with zero attached hydrogens (tertiary/aromatic N) is 2. The minimum absolute atomic E-state index is 0.142. The topological polar surface area (TPSA) is 42.9 Å². The number of hydrogen-bond acceptors (Lipinski definition) is 3. The predicted molar refractivity (Wildman–Crippen MR) is 61.8 cm³/mol. The predicted octanol–water partition coefficient (Wildman–Crippen LogP) is 2.37. The Morgan fingerprint density at radius 3 is 2.62 bits per heavy atom. The van der Waals surface area contributed by atoms with Crippen LogP contribution in [0.5, 0.6) is 0 Å². The molecule has 16 heavy (non-hydrogen) atoms. The van der Waals surface area contributed by atoms with Gasteiger partial charge >= 0.3 is 0 Å². The van der Waals surface area contributed by atoms with Gasteiger partial charge in [0.15, 0.2) is 0 Å². The maximum atomic E-state index is 11.6. The molecule has 0 fully saturated rings. The maximum Gasteiger partial charge on any atom is 0.205 e. The molecule has 78 valence electrons. The van der Waals surface area contributed by atoms with Crippen molar-refractivity contribution in [3.8, 4) is 0 Å². The van der Waals surface area contributed by atoms with E-state index >= 15 is 0 Å². The number of ketones is 1. The number of hydrogen-bond donors (Lipinski definition) is 0. The smallest absolute Gasteiger partial charge is 0.205 e. The Balaban J connectivity index is 2.12. The van der Waals surface area contributed by atoms with E-state index in [1.165, 1.54) is 24.7 Å². The molecule has 0 spiro atoms. The highest BCUT2D eigenvalue weighted by molar-refractivity contribution is 6.05. The zero-order valence-electron chi connectivity index (χ0n) is 8.58. The van der Waals surface area contributed by atoms with Crippen LogP contribution in [-0.2, 0) is 0 Å². The SMILES string of the molecule is O=C(/C=C/c1ccccc1)c1cnccn1. The van der Waals surface area contributed by atoms with Crippen LogP contribution in [0.3, 0.4) is 0 Å². The van der Waals surface area contributed by atoms with Crippen LogP contribution >= 0.6 is 0 Å². The lowest BCUT2D eigenvalue weighted by molar-refractivity contribution is 0.104. The lowest BCUT2D eigenvalue weighted by Gasteiger charge is -1.93. The summed E-state index contributed by atoms with van der Waals surface area (Å²) >= 11 is 0. The van der Waals surface area contributed by atoms with E-state index in [4.69, 9.17) is 0 Å². The molecule has 0 saturated carbocycles. The summed E-state index contributed by atoms with van der Waals surface area (Å²) in [7, 11) is 0. The summed E-state index contributed by atoms with van der Waals surface area (Å²) in [6, 6.07) is 9.64. The van der Waals surface area contributed by atoms with E-state index in [1.807, 2.05) is 30.3 Å². The van der Waals surface area contributed by atoms with Gasteiger partial charge in [0.1, 0.15) is 5.69 Å². The third kappa shape index (κ3) is 2.60. The van der Waals surface area contributed by atoms with Crippen molar-refractivity contribution >= 4 is 11.9 Å². The van der Waals surface area contributed by atoms with Crippen molar-refractivity contribution < 1.29 is 4.79 Å². The zero-order chi connectivity index (χ0) is 11.2. The molecule has 0 radical (unpaired) electrons. The fourth-order valence-corrected chi connectivity index (χ4v) is 1.25. The monoisotopic (exact) mass is 210 g/mol. The lowest BCUT2D eigenvalue weighted by atomic mass is 10.2. The molecule has 2 aromatic rings. The number of allylic oxidation sites excluding steroid dienone is 1. The third-order valence-corrected chi connectivity index (χ3v) is 2.04. The quantitative estimate of drug-likeness (QED) is 0.577. The average Bonchev–Trinajstić information content (AvgIpc) is 2.38. The van der Waals surface area contributed by atoms with E-state index in [-0.39, 0.29) is 5.78 Å². The summed E-state index contributed by atoms with van der Waals surface area (Å²) in [6.07, 6.45) is 7.76. The minimum atomic E-state index is -0.142. The Kier molecular flexibility index (Phi) is 3.18. The second-order valence-electron chi connectivity index (χ2n) is 3.20. The second-order valence-corrected chi connectivity index (χ2v) is 3.20. The molecule has 1 aromatic heterocycles. The average molecular weight is 210 g/mol. The van der Waals surface area contributed by atoms with E-state index in [0.29, 0.717) is 5.69 Å². The number of benzene rings is 1. The second kappa shape index (κ2) is 4.98. The van der Waals surface area contributed by atoms with Crippen LogP contribution in [0.1, 0.15) is 16.1 Å². The summed E-state index contributed by atoms with van der Waals surface area (Å²) in [5, 5.41) is 0. The molecule has 0 aliphatic carbocycles. The molecule has 0 aliphatic heterocycles. The Bertz CT molecular complexity index is 492. The van der Waals surface area contributed by atoms with E-state index in [2.05, 4.69) is 9.97 Å². The minimum Gasteiger partial charge on any atom is -0.287 e. The largest absolute Gasteiger partial charge is 0.287 e. The molecule has 1 heterocycles. The van der Waals surface area contributed by atoms with E-state index < -0.39 is 0 Å². The highest BCUT2D eigenvalue weighted by atomic mass is 16.1. The first-order valence-corrected chi connectivity index (χ1v) is 4.90. The van der Waals surface area contributed by atoms with Crippen LogP contribution in [-0.4, -0.2) is 15.8 Å². The molecule has 0 aliphatic rings. The molecular weight excluding hydrogens is 200 g/mol. The first-order valence-electron chi connectivity index (χ1n) is 4.90. The Labute approximate surface area is 93.5 Å². The Hall–Kier alpha value is -2.29. The molecule has 0 bridgehead atoms.